The van der Waals surface area contributed by atoms with Crippen molar-refractivity contribution in [3.8, 4) is 6.07 Å². The first kappa shape index (κ1) is 17.4. The highest BCUT2D eigenvalue weighted by atomic mass is 32.2. The van der Waals surface area contributed by atoms with Gasteiger partial charge < -0.3 is 15.6 Å². The summed E-state index contributed by atoms with van der Waals surface area (Å²) in [5, 5.41) is 15.1. The van der Waals surface area contributed by atoms with Crippen LogP contribution in [0, 0.1) is 18.3 Å². The van der Waals surface area contributed by atoms with Gasteiger partial charge in [-0.1, -0.05) is 47.3 Å². The number of amides is 1. The average molecular weight is 366 g/mol. The standard InChI is InChI=1S/C17H14N6O2S/c1-10-7-13(23-25-10)21-16(24)14(11-5-3-2-4-6-11)26-17-20-9-12(8-18)15(19)22-17/h2-7,9,14H,1H3,(H2,19,20,22)(H,21,23,24). The second-order valence-electron chi connectivity index (χ2n) is 5.28. The van der Waals surface area contributed by atoms with Crippen molar-refractivity contribution in [2.45, 2.75) is 17.3 Å². The van der Waals surface area contributed by atoms with Gasteiger partial charge >= 0.3 is 0 Å². The lowest BCUT2D eigenvalue weighted by atomic mass is 10.1. The van der Waals surface area contributed by atoms with Crippen LogP contribution in [0.15, 0.2) is 52.3 Å². The van der Waals surface area contributed by atoms with Crippen molar-refractivity contribution in [2.75, 3.05) is 11.1 Å². The molecule has 0 fully saturated rings. The number of carbonyl (C=O) groups is 1. The zero-order valence-electron chi connectivity index (χ0n) is 13.7. The van der Waals surface area contributed by atoms with Gasteiger partial charge in [-0.15, -0.1) is 0 Å². The van der Waals surface area contributed by atoms with E-state index >= 15 is 0 Å². The number of benzene rings is 1. The fourth-order valence-electron chi connectivity index (χ4n) is 2.14. The lowest BCUT2D eigenvalue weighted by Crippen LogP contribution is -2.19. The third kappa shape index (κ3) is 3.99. The largest absolute Gasteiger partial charge is 0.382 e. The molecule has 0 saturated heterocycles. The molecule has 8 nitrogen and oxygen atoms in total. The van der Waals surface area contributed by atoms with E-state index < -0.39 is 5.25 Å². The number of hydrogen-bond donors (Lipinski definition) is 2. The molecule has 1 atom stereocenters. The van der Waals surface area contributed by atoms with E-state index in [1.165, 1.54) is 6.20 Å². The molecule has 2 heterocycles. The van der Waals surface area contributed by atoms with Gasteiger partial charge in [0.25, 0.3) is 0 Å². The van der Waals surface area contributed by atoms with Crippen LogP contribution >= 0.6 is 11.8 Å². The molecule has 0 radical (unpaired) electrons. The zero-order chi connectivity index (χ0) is 18.5. The molecule has 0 aliphatic heterocycles. The number of nitrogen functional groups attached to an aromatic ring is 1. The monoisotopic (exact) mass is 366 g/mol. The van der Waals surface area contributed by atoms with Crippen molar-refractivity contribution in [3.05, 3.63) is 59.5 Å². The smallest absolute Gasteiger partial charge is 0.243 e. The molecule has 26 heavy (non-hydrogen) atoms. The van der Waals surface area contributed by atoms with E-state index in [0.29, 0.717) is 16.7 Å². The highest BCUT2D eigenvalue weighted by Gasteiger charge is 2.24. The Balaban J connectivity index is 1.87. The number of thioether (sulfide) groups is 1. The molecule has 130 valence electrons. The summed E-state index contributed by atoms with van der Waals surface area (Å²) < 4.78 is 4.97. The summed E-state index contributed by atoms with van der Waals surface area (Å²) in [6, 6.07) is 12.7. The van der Waals surface area contributed by atoms with Gasteiger partial charge in [-0.25, -0.2) is 9.97 Å². The first-order valence-corrected chi connectivity index (χ1v) is 8.43. The predicted molar refractivity (Wildman–Crippen MR) is 96.1 cm³/mol. The Bertz CT molecular complexity index is 967. The van der Waals surface area contributed by atoms with Crippen LogP contribution in [-0.2, 0) is 4.79 Å². The topological polar surface area (TPSA) is 131 Å². The molecule has 1 aromatic carbocycles. The molecule has 1 amide bonds. The highest BCUT2D eigenvalue weighted by Crippen LogP contribution is 2.34. The molecule has 0 saturated carbocycles. The number of hydrogen-bond acceptors (Lipinski definition) is 8. The van der Waals surface area contributed by atoms with Gasteiger partial charge in [0.1, 0.15) is 28.5 Å². The van der Waals surface area contributed by atoms with Crippen LogP contribution in [0.2, 0.25) is 0 Å². The Morgan fingerprint density at radius 1 is 1.38 bits per heavy atom. The summed E-state index contributed by atoms with van der Waals surface area (Å²) in [4.78, 5) is 21.0. The van der Waals surface area contributed by atoms with Gasteiger partial charge in [-0.2, -0.15) is 5.26 Å². The number of anilines is 2. The normalized spacial score (nSPS) is 11.5. The quantitative estimate of drug-likeness (QED) is 0.520. The van der Waals surface area contributed by atoms with Crippen LogP contribution in [0.4, 0.5) is 11.6 Å². The lowest BCUT2D eigenvalue weighted by molar-refractivity contribution is -0.115. The lowest BCUT2D eigenvalue weighted by Gasteiger charge is -2.15. The van der Waals surface area contributed by atoms with Crippen LogP contribution in [-0.4, -0.2) is 21.0 Å². The second kappa shape index (κ2) is 7.67. The van der Waals surface area contributed by atoms with Crippen molar-refractivity contribution < 1.29 is 9.32 Å². The number of nitrogens with zero attached hydrogens (tertiary/aromatic N) is 4. The molecule has 2 aromatic heterocycles. The summed E-state index contributed by atoms with van der Waals surface area (Å²) in [6.07, 6.45) is 1.34. The minimum absolute atomic E-state index is 0.0735. The fourth-order valence-corrected chi connectivity index (χ4v) is 3.08. The van der Waals surface area contributed by atoms with Gasteiger partial charge in [0, 0.05) is 6.07 Å². The van der Waals surface area contributed by atoms with Crippen LogP contribution in [0.5, 0.6) is 0 Å². The Hall–Kier alpha value is -3.38. The number of nitrogens with two attached hydrogens (primary N) is 1. The molecule has 3 rings (SSSR count). The first-order chi connectivity index (χ1) is 12.6. The maximum absolute atomic E-state index is 12.8. The zero-order valence-corrected chi connectivity index (χ0v) is 14.5. The highest BCUT2D eigenvalue weighted by molar-refractivity contribution is 8.00. The summed E-state index contributed by atoms with van der Waals surface area (Å²) in [7, 11) is 0. The minimum atomic E-state index is -0.638. The summed E-state index contributed by atoms with van der Waals surface area (Å²) in [5.41, 5.74) is 6.69. The van der Waals surface area contributed by atoms with Crippen molar-refractivity contribution >= 4 is 29.3 Å². The Kier molecular flexibility index (Phi) is 5.15. The molecule has 1 unspecified atom stereocenters. The minimum Gasteiger partial charge on any atom is -0.382 e. The Morgan fingerprint density at radius 3 is 2.77 bits per heavy atom. The van der Waals surface area contributed by atoms with Gasteiger partial charge in [-0.3, -0.25) is 4.79 Å². The second-order valence-corrected chi connectivity index (χ2v) is 6.36. The van der Waals surface area contributed by atoms with Gasteiger partial charge in [0.05, 0.1) is 6.20 Å². The van der Waals surface area contributed by atoms with E-state index in [1.807, 2.05) is 36.4 Å². The molecular formula is C17H14N6O2S. The van der Waals surface area contributed by atoms with Crippen molar-refractivity contribution in [1.29, 1.82) is 5.26 Å². The summed E-state index contributed by atoms with van der Waals surface area (Å²) in [6.45, 7) is 1.74. The van der Waals surface area contributed by atoms with Crippen molar-refractivity contribution in [3.63, 3.8) is 0 Å². The van der Waals surface area contributed by atoms with Crippen molar-refractivity contribution in [1.82, 2.24) is 15.1 Å². The van der Waals surface area contributed by atoms with Gasteiger partial charge in [0.15, 0.2) is 11.0 Å². The number of aryl methyl sites for hydroxylation is 1. The summed E-state index contributed by atoms with van der Waals surface area (Å²) in [5.74, 6) is 0.687. The van der Waals surface area contributed by atoms with E-state index in [0.717, 1.165) is 17.3 Å². The van der Waals surface area contributed by atoms with E-state index in [4.69, 9.17) is 15.5 Å². The van der Waals surface area contributed by atoms with Crippen LogP contribution in [0.1, 0.15) is 22.1 Å². The maximum Gasteiger partial charge on any atom is 0.243 e. The third-order valence-electron chi connectivity index (χ3n) is 3.36. The molecule has 0 aliphatic rings. The maximum atomic E-state index is 12.8. The number of nitrogens with one attached hydrogen (secondary N) is 1. The van der Waals surface area contributed by atoms with Crippen LogP contribution in [0.3, 0.4) is 0 Å². The molecule has 0 bridgehead atoms. The number of nitriles is 1. The van der Waals surface area contributed by atoms with E-state index in [9.17, 15) is 4.79 Å². The van der Waals surface area contributed by atoms with E-state index in [-0.39, 0.29) is 17.3 Å². The molecular weight excluding hydrogens is 352 g/mol. The van der Waals surface area contributed by atoms with Crippen LogP contribution < -0.4 is 11.1 Å². The van der Waals surface area contributed by atoms with Crippen molar-refractivity contribution in [2.24, 2.45) is 0 Å². The first-order valence-electron chi connectivity index (χ1n) is 7.55. The Morgan fingerprint density at radius 2 is 2.15 bits per heavy atom. The number of aromatic nitrogens is 3. The number of rotatable bonds is 5. The van der Waals surface area contributed by atoms with E-state index in [2.05, 4.69) is 20.4 Å². The molecule has 9 heteroatoms. The van der Waals surface area contributed by atoms with Gasteiger partial charge in [-0.05, 0) is 12.5 Å². The molecule has 3 aromatic rings. The van der Waals surface area contributed by atoms with Crippen LogP contribution in [0.25, 0.3) is 0 Å². The SMILES string of the molecule is Cc1cc(NC(=O)C(Sc2ncc(C#N)c(N)n2)c2ccccc2)no1. The molecule has 3 N–H and O–H groups in total. The molecule has 0 aliphatic carbocycles. The van der Waals surface area contributed by atoms with Gasteiger partial charge in [0.2, 0.25) is 5.91 Å². The summed E-state index contributed by atoms with van der Waals surface area (Å²) >= 11 is 1.13. The molecule has 0 spiro atoms. The van der Waals surface area contributed by atoms with E-state index in [1.54, 1.807) is 13.0 Å². The third-order valence-corrected chi connectivity index (χ3v) is 4.49. The fraction of sp³-hybridized carbons (Fsp3) is 0.118. The predicted octanol–water partition coefficient (Wildman–Crippen LogP) is 2.70. The number of carbonyl (C=O) groups excluding carboxylic acids is 1. The average Bonchev–Trinajstić information content (AvgIpc) is 3.05. The Labute approximate surface area is 153 Å².